The quantitative estimate of drug-likeness (QED) is 0.518. The van der Waals surface area contributed by atoms with E-state index in [2.05, 4.69) is 0 Å². The van der Waals surface area contributed by atoms with Gasteiger partial charge in [-0.2, -0.15) is 0 Å². The number of hydrogen-bond donors (Lipinski definition) is 1. The van der Waals surface area contributed by atoms with Crippen LogP contribution in [-0.4, -0.2) is 46.2 Å². The number of hydrogen-bond acceptors (Lipinski definition) is 5. The number of benzene rings is 1. The van der Waals surface area contributed by atoms with E-state index in [4.69, 9.17) is 4.74 Å². The van der Waals surface area contributed by atoms with Crippen molar-refractivity contribution in [2.75, 3.05) is 13.2 Å². The number of likely N-dealkylation sites (tertiary alicyclic amines) is 1. The lowest BCUT2D eigenvalue weighted by Crippen LogP contribution is -2.37. The van der Waals surface area contributed by atoms with Crippen LogP contribution in [0.15, 0.2) is 24.3 Å². The van der Waals surface area contributed by atoms with Crippen molar-refractivity contribution in [1.29, 1.82) is 0 Å². The lowest BCUT2D eigenvalue weighted by atomic mass is 10.0. The number of ether oxygens (including phenoxy) is 1. The van der Waals surface area contributed by atoms with Gasteiger partial charge in [-0.15, -0.1) is 0 Å². The molecule has 23 heavy (non-hydrogen) atoms. The highest BCUT2D eigenvalue weighted by molar-refractivity contribution is 5.89. The van der Waals surface area contributed by atoms with Gasteiger partial charge in [0.15, 0.2) is 0 Å². The first-order chi connectivity index (χ1) is 10.9. The number of carboxylic acid groups (broad SMARTS) is 1. The molecule has 0 unspecified atom stereocenters. The summed E-state index contributed by atoms with van der Waals surface area (Å²) < 4.78 is 5.20. The van der Waals surface area contributed by atoms with Crippen LogP contribution in [0.1, 0.15) is 29.6 Å². The Kier molecular flexibility index (Phi) is 3.67. The van der Waals surface area contributed by atoms with E-state index < -0.39 is 17.0 Å². The maximum atomic E-state index is 12.0. The van der Waals surface area contributed by atoms with E-state index in [1.807, 2.05) is 0 Å². The van der Waals surface area contributed by atoms with E-state index in [1.165, 1.54) is 29.2 Å². The Morgan fingerprint density at radius 2 is 2.00 bits per heavy atom. The Labute approximate surface area is 131 Å². The fourth-order valence-corrected chi connectivity index (χ4v) is 3.05. The van der Waals surface area contributed by atoms with E-state index in [0.29, 0.717) is 13.0 Å². The van der Waals surface area contributed by atoms with Gasteiger partial charge < -0.3 is 14.7 Å². The van der Waals surface area contributed by atoms with Gasteiger partial charge in [0.2, 0.25) is 0 Å². The van der Waals surface area contributed by atoms with E-state index in [0.717, 1.165) is 12.8 Å². The molecule has 2 aliphatic rings. The van der Waals surface area contributed by atoms with Gasteiger partial charge in [-0.3, -0.25) is 10.1 Å². The van der Waals surface area contributed by atoms with Crippen LogP contribution in [0, 0.1) is 15.5 Å². The normalized spacial score (nSPS) is 21.2. The monoisotopic (exact) mass is 320 g/mol. The summed E-state index contributed by atoms with van der Waals surface area (Å²) in [6, 6.07) is 4.79. The molecule has 1 aromatic rings. The van der Waals surface area contributed by atoms with E-state index >= 15 is 0 Å². The van der Waals surface area contributed by atoms with Gasteiger partial charge in [0.1, 0.15) is 6.61 Å². The number of rotatable bonds is 4. The maximum absolute atomic E-state index is 12.0. The highest BCUT2D eigenvalue weighted by Crippen LogP contribution is 2.54. The van der Waals surface area contributed by atoms with Crippen LogP contribution >= 0.6 is 0 Å². The van der Waals surface area contributed by atoms with Crippen molar-refractivity contribution in [3.05, 3.63) is 39.9 Å². The number of carbonyl (C=O) groups excluding carboxylic acids is 1. The minimum atomic E-state index is -0.995. The molecule has 8 heteroatoms. The first kappa shape index (κ1) is 15.3. The molecule has 8 nitrogen and oxygen atoms in total. The second-order valence-corrected chi connectivity index (χ2v) is 6.17. The number of non-ortho nitro benzene ring substituents is 1. The third-order valence-electron chi connectivity index (χ3n) is 4.54. The first-order valence-electron chi connectivity index (χ1n) is 7.31. The summed E-state index contributed by atoms with van der Waals surface area (Å²) in [5.74, 6) is -0.609. The number of carbonyl (C=O) groups is 2. The second-order valence-electron chi connectivity index (χ2n) is 6.17. The van der Waals surface area contributed by atoms with E-state index in [9.17, 15) is 24.8 Å². The minimum absolute atomic E-state index is 0.00384. The Bertz CT molecular complexity index is 652. The van der Waals surface area contributed by atoms with Gasteiger partial charge in [-0.1, -0.05) is 0 Å². The molecule has 1 heterocycles. The average Bonchev–Trinajstić information content (AvgIpc) is 3.16. The molecule has 1 aliphatic carbocycles. The van der Waals surface area contributed by atoms with Crippen LogP contribution < -0.4 is 0 Å². The Hall–Kier alpha value is -2.64. The molecule has 1 aliphatic heterocycles. The molecule has 1 atom stereocenters. The number of nitro groups is 1. The fraction of sp³-hybridized carbons (Fsp3) is 0.467. The number of nitro benzene ring substituents is 1. The molecule has 1 spiro atoms. The van der Waals surface area contributed by atoms with Crippen LogP contribution in [0.2, 0.25) is 0 Å². The van der Waals surface area contributed by atoms with Crippen molar-refractivity contribution in [1.82, 2.24) is 4.90 Å². The zero-order valence-corrected chi connectivity index (χ0v) is 12.3. The fourth-order valence-electron chi connectivity index (χ4n) is 3.05. The first-order valence-corrected chi connectivity index (χ1v) is 7.31. The Morgan fingerprint density at radius 3 is 2.52 bits per heavy atom. The van der Waals surface area contributed by atoms with Gasteiger partial charge in [0, 0.05) is 18.7 Å². The lowest BCUT2D eigenvalue weighted by Gasteiger charge is -2.20. The summed E-state index contributed by atoms with van der Waals surface area (Å²) in [5.41, 5.74) is 0.185. The summed E-state index contributed by atoms with van der Waals surface area (Å²) >= 11 is 0. The highest BCUT2D eigenvalue weighted by Gasteiger charge is 2.53. The van der Waals surface area contributed by atoms with Gasteiger partial charge in [0.05, 0.1) is 16.5 Å². The van der Waals surface area contributed by atoms with E-state index in [1.54, 1.807) is 0 Å². The van der Waals surface area contributed by atoms with Crippen molar-refractivity contribution in [2.45, 2.75) is 25.3 Å². The summed E-state index contributed by atoms with van der Waals surface area (Å²) in [6.45, 7) is 0.506. The molecule has 122 valence electrons. The van der Waals surface area contributed by atoms with Crippen LogP contribution in [0.4, 0.5) is 10.5 Å². The van der Waals surface area contributed by atoms with Crippen molar-refractivity contribution in [3.63, 3.8) is 0 Å². The largest absolute Gasteiger partial charge is 0.465 e. The Balaban J connectivity index is 1.60. The predicted octanol–water partition coefficient (Wildman–Crippen LogP) is 2.28. The molecule has 1 saturated heterocycles. The number of nitrogens with zero attached hydrogens (tertiary/aromatic N) is 2. The summed E-state index contributed by atoms with van der Waals surface area (Å²) in [7, 11) is 0. The van der Waals surface area contributed by atoms with Crippen LogP contribution in [-0.2, 0) is 4.74 Å². The molecule has 1 aromatic carbocycles. The molecule has 0 aromatic heterocycles. The molecule has 2 fully saturated rings. The average molecular weight is 320 g/mol. The number of esters is 1. The molecule has 1 amide bonds. The van der Waals surface area contributed by atoms with Crippen LogP contribution in [0.5, 0.6) is 0 Å². The Morgan fingerprint density at radius 1 is 1.35 bits per heavy atom. The van der Waals surface area contributed by atoms with Gasteiger partial charge in [0.25, 0.3) is 5.69 Å². The summed E-state index contributed by atoms with van der Waals surface area (Å²) in [4.78, 5) is 34.6. The van der Waals surface area contributed by atoms with Crippen molar-refractivity contribution in [3.8, 4) is 0 Å². The van der Waals surface area contributed by atoms with Crippen LogP contribution in [0.25, 0.3) is 0 Å². The third kappa shape index (κ3) is 3.10. The van der Waals surface area contributed by atoms with E-state index in [-0.39, 0.29) is 29.3 Å². The van der Waals surface area contributed by atoms with Crippen molar-refractivity contribution >= 4 is 17.7 Å². The standard InChI is InChI=1S/C15H16N2O6/c18-13(10-1-3-11(4-2-10)17(21)22)23-8-12-7-15(5-6-15)9-16(12)14(19)20/h1-4,12H,5-9H2,(H,19,20)/t12-/m0/s1. The minimum Gasteiger partial charge on any atom is -0.465 e. The zero-order valence-electron chi connectivity index (χ0n) is 12.3. The summed E-state index contributed by atoms with van der Waals surface area (Å²) in [5, 5.41) is 19.8. The van der Waals surface area contributed by atoms with Gasteiger partial charge in [-0.05, 0) is 36.8 Å². The lowest BCUT2D eigenvalue weighted by molar-refractivity contribution is -0.384. The molecule has 1 saturated carbocycles. The molecule has 0 radical (unpaired) electrons. The van der Waals surface area contributed by atoms with Gasteiger partial charge >= 0.3 is 12.1 Å². The van der Waals surface area contributed by atoms with Crippen LogP contribution in [0.3, 0.4) is 0 Å². The smallest absolute Gasteiger partial charge is 0.407 e. The maximum Gasteiger partial charge on any atom is 0.407 e. The second kappa shape index (κ2) is 5.53. The summed E-state index contributed by atoms with van der Waals surface area (Å²) in [6.07, 6.45) is 1.75. The topological polar surface area (TPSA) is 110 Å². The van der Waals surface area contributed by atoms with Crippen molar-refractivity contribution in [2.24, 2.45) is 5.41 Å². The molecular weight excluding hydrogens is 304 g/mol. The molecule has 0 bridgehead atoms. The highest BCUT2D eigenvalue weighted by atomic mass is 16.6. The molecular formula is C15H16N2O6. The third-order valence-corrected chi connectivity index (χ3v) is 4.54. The SMILES string of the molecule is O=C(OC[C@@H]1CC2(CC2)CN1C(=O)O)c1ccc([N+](=O)[O-])cc1. The molecule has 3 rings (SSSR count). The van der Waals surface area contributed by atoms with Crippen molar-refractivity contribution < 1.29 is 24.4 Å². The zero-order chi connectivity index (χ0) is 16.6. The number of amides is 1. The predicted molar refractivity (Wildman–Crippen MR) is 78.2 cm³/mol. The van der Waals surface area contributed by atoms with Gasteiger partial charge in [-0.25, -0.2) is 9.59 Å². The molecule has 1 N–H and O–H groups in total.